The molecule has 0 aliphatic heterocycles. The van der Waals surface area contributed by atoms with Crippen molar-refractivity contribution in [1.29, 1.82) is 0 Å². The van der Waals surface area contributed by atoms with Crippen molar-refractivity contribution in [3.05, 3.63) is 464 Å². The fourth-order valence-electron chi connectivity index (χ4n) is 16.7. The molecule has 0 unspecified atom stereocenters. The Bertz CT molecular complexity index is 5600. The lowest BCUT2D eigenvalue weighted by Gasteiger charge is -2.26. The lowest BCUT2D eigenvalue weighted by molar-refractivity contribution is 0.0691. The van der Waals surface area contributed by atoms with Gasteiger partial charge in [0.2, 0.25) is 0 Å². The average Bonchev–Trinajstić information content (AvgIpc) is 0.823. The molecule has 0 saturated carbocycles. The van der Waals surface area contributed by atoms with E-state index in [-0.39, 0.29) is 41.0 Å². The monoisotopic (exact) mass is 1710 g/mol. The molecule has 0 fully saturated rings. The van der Waals surface area contributed by atoms with E-state index in [1.807, 2.05) is 242 Å². The van der Waals surface area contributed by atoms with Crippen molar-refractivity contribution in [3.8, 4) is 0 Å². The summed E-state index contributed by atoms with van der Waals surface area (Å²) in [7, 11) is 0. The van der Waals surface area contributed by atoms with E-state index >= 15 is 9.59 Å². The Labute approximate surface area is 762 Å². The molecular weight excluding hydrogens is 1590 g/mol. The second-order valence-electron chi connectivity index (χ2n) is 33.9. The number of carboxylic acids is 1. The van der Waals surface area contributed by atoms with Crippen molar-refractivity contribution in [2.45, 2.75) is 155 Å². The van der Waals surface area contributed by atoms with E-state index in [1.165, 1.54) is 33.4 Å². The topological polar surface area (TPSA) is 159 Å². The van der Waals surface area contributed by atoms with Gasteiger partial charge in [0, 0.05) is 112 Å². The van der Waals surface area contributed by atoms with Gasteiger partial charge >= 0.3 is 5.97 Å². The molecule has 0 saturated heterocycles. The maximum Gasteiger partial charge on any atom is 0.335 e. The SMILES string of the molecule is O=C(O)c1ccc(CN(CCCCc2ccccc2)C(=O)c2ccc(CN(CCCCc3ccccc3)C(=O)c3ccc(CN(CCCCc4ccccc4)C(=O)c4ccc(CN(CCCCc5ccccc5)C(=O)c5ccc(CN(CCCCc6ccccc6)C(=O)c6ccc(CN(CCCCc7ccccc7)C(=O)c7ccccc7)cc6)cc5)cc4)cc3)cc2)cc1. The number of rotatable bonds is 49. The summed E-state index contributed by atoms with van der Waals surface area (Å²) in [6.07, 6.45) is 15.5. The van der Waals surface area contributed by atoms with Crippen LogP contribution in [0.5, 0.6) is 0 Å². The molecule has 13 rings (SSSR count). The summed E-state index contributed by atoms with van der Waals surface area (Å²) in [6, 6.07) is 117. The fraction of sp³-hybridized carbons (Fsp3) is 0.261. The largest absolute Gasteiger partial charge is 0.478 e. The number of nitrogens with zero attached hydrogens (tertiary/aromatic N) is 6. The molecule has 0 atom stereocenters. The van der Waals surface area contributed by atoms with E-state index in [0.29, 0.717) is 112 Å². The summed E-state index contributed by atoms with van der Waals surface area (Å²) in [5, 5.41) is 9.59. The summed E-state index contributed by atoms with van der Waals surface area (Å²) in [4.78, 5) is 112. The number of carbonyl (C=O) groups is 7. The second-order valence-corrected chi connectivity index (χ2v) is 33.9. The second kappa shape index (κ2) is 49.9. The Balaban J connectivity index is 0.682. The minimum absolute atomic E-state index is 0.0236. The van der Waals surface area contributed by atoms with Crippen LogP contribution in [0.25, 0.3) is 0 Å². The highest BCUT2D eigenvalue weighted by molar-refractivity contribution is 5.98. The highest BCUT2D eigenvalue weighted by Crippen LogP contribution is 2.25. The van der Waals surface area contributed by atoms with Crippen LogP contribution in [0, 0.1) is 0 Å². The summed E-state index contributed by atoms with van der Waals surface area (Å²) in [5.74, 6) is -1.60. The van der Waals surface area contributed by atoms with Crippen LogP contribution in [0.4, 0.5) is 0 Å². The van der Waals surface area contributed by atoms with Crippen molar-refractivity contribution < 1.29 is 38.7 Å². The Kier molecular flexibility index (Phi) is 35.9. The molecule has 13 aromatic carbocycles. The van der Waals surface area contributed by atoms with Crippen molar-refractivity contribution in [1.82, 2.24) is 29.4 Å². The Morgan fingerprint density at radius 3 is 0.450 bits per heavy atom. The third-order valence-corrected chi connectivity index (χ3v) is 24.1. The third kappa shape index (κ3) is 29.6. The summed E-state index contributed by atoms with van der Waals surface area (Å²) in [6.45, 7) is 5.19. The van der Waals surface area contributed by atoms with Gasteiger partial charge in [0.1, 0.15) is 0 Å². The number of carbonyl (C=O) groups excluding carboxylic acids is 6. The maximum atomic E-state index is 15.1. The number of benzene rings is 13. The van der Waals surface area contributed by atoms with Gasteiger partial charge in [-0.05, 0) is 267 Å². The van der Waals surface area contributed by atoms with Crippen LogP contribution in [0.1, 0.15) is 216 Å². The van der Waals surface area contributed by atoms with Crippen LogP contribution in [0.3, 0.4) is 0 Å². The molecule has 14 heteroatoms. The number of unbranched alkanes of at least 4 members (excludes halogenated alkanes) is 6. The van der Waals surface area contributed by atoms with Gasteiger partial charge in [-0.1, -0.05) is 273 Å². The predicted octanol–water partition coefficient (Wildman–Crippen LogP) is 23.4. The molecule has 0 bridgehead atoms. The van der Waals surface area contributed by atoms with Crippen molar-refractivity contribution in [2.75, 3.05) is 39.3 Å². The first-order valence-electron chi connectivity index (χ1n) is 46.1. The molecule has 1 N–H and O–H groups in total. The molecular formula is C115H120N6O8. The maximum absolute atomic E-state index is 15.1. The molecule has 0 radical (unpaired) electrons. The fourth-order valence-corrected chi connectivity index (χ4v) is 16.7. The number of amides is 6. The highest BCUT2D eigenvalue weighted by atomic mass is 16.4. The van der Waals surface area contributed by atoms with Crippen LogP contribution in [-0.4, -0.2) is 115 Å². The van der Waals surface area contributed by atoms with Crippen LogP contribution < -0.4 is 0 Å². The zero-order valence-electron chi connectivity index (χ0n) is 74.3. The number of hydrogen-bond acceptors (Lipinski definition) is 7. The van der Waals surface area contributed by atoms with Gasteiger partial charge < -0.3 is 34.5 Å². The zero-order valence-corrected chi connectivity index (χ0v) is 74.3. The Morgan fingerprint density at radius 2 is 0.295 bits per heavy atom. The molecule has 129 heavy (non-hydrogen) atoms. The van der Waals surface area contributed by atoms with Crippen LogP contribution in [0.2, 0.25) is 0 Å². The minimum Gasteiger partial charge on any atom is -0.478 e. The van der Waals surface area contributed by atoms with E-state index < -0.39 is 5.97 Å². The van der Waals surface area contributed by atoms with Crippen LogP contribution in [0.15, 0.2) is 358 Å². The lowest BCUT2D eigenvalue weighted by atomic mass is 10.0. The molecule has 0 aliphatic rings. The lowest BCUT2D eigenvalue weighted by Crippen LogP contribution is -2.33. The Hall–Kier alpha value is -13.9. The zero-order chi connectivity index (χ0) is 89.4. The minimum atomic E-state index is -1.01. The molecule has 14 nitrogen and oxygen atoms in total. The van der Waals surface area contributed by atoms with Crippen molar-refractivity contribution >= 4 is 41.4 Å². The van der Waals surface area contributed by atoms with E-state index in [2.05, 4.69) is 121 Å². The Morgan fingerprint density at radius 1 is 0.155 bits per heavy atom. The van der Waals surface area contributed by atoms with Gasteiger partial charge in [0.05, 0.1) is 5.56 Å². The molecule has 6 amide bonds. The number of hydrogen-bond donors (Lipinski definition) is 1. The highest BCUT2D eigenvalue weighted by Gasteiger charge is 2.26. The number of aromatic carboxylic acids is 1. The van der Waals surface area contributed by atoms with Crippen molar-refractivity contribution in [3.63, 3.8) is 0 Å². The first-order valence-corrected chi connectivity index (χ1v) is 46.1. The normalized spacial score (nSPS) is 11.0. The van der Waals surface area contributed by atoms with Gasteiger partial charge in [-0.3, -0.25) is 28.8 Å². The first-order chi connectivity index (χ1) is 63.3. The van der Waals surface area contributed by atoms with Gasteiger partial charge in [0.25, 0.3) is 35.4 Å². The van der Waals surface area contributed by atoms with Gasteiger partial charge in [-0.2, -0.15) is 0 Å². The van der Waals surface area contributed by atoms with Gasteiger partial charge in [-0.15, -0.1) is 0 Å². The van der Waals surface area contributed by atoms with E-state index in [0.717, 1.165) is 149 Å². The summed E-state index contributed by atoms with van der Waals surface area (Å²) >= 11 is 0. The summed E-state index contributed by atoms with van der Waals surface area (Å²) < 4.78 is 0. The number of aryl methyl sites for hydroxylation is 6. The third-order valence-electron chi connectivity index (χ3n) is 24.1. The van der Waals surface area contributed by atoms with Crippen LogP contribution >= 0.6 is 0 Å². The standard InChI is InChI=1S/C115H120N6O8/c122-109(102-52-20-7-21-53-102)116(78-28-22-46-90-34-8-1-9-35-90)84-96-54-66-103(67-55-96)110(123)117(79-29-23-47-91-36-10-2-11-37-91)85-97-56-68-104(69-57-97)111(124)118(80-30-24-48-92-38-12-3-13-39-92)86-98-58-70-105(71-59-98)112(125)119(81-31-25-49-93-40-14-4-15-41-93)87-99-60-72-106(73-61-99)113(126)120(82-32-26-50-94-42-16-5-17-43-94)88-100-62-74-107(75-63-100)114(127)121(83-33-27-51-95-44-18-6-19-45-95)89-101-64-76-108(77-65-101)115(128)129/h1-21,34-45,52-77H,22-33,46-51,78-89H2,(H,128,129). The molecule has 0 heterocycles. The molecule has 0 aromatic heterocycles. The molecule has 0 aliphatic carbocycles. The predicted molar refractivity (Wildman–Crippen MR) is 517 cm³/mol. The van der Waals surface area contributed by atoms with E-state index in [4.69, 9.17) is 0 Å². The smallest absolute Gasteiger partial charge is 0.335 e. The number of carboxylic acid groups (broad SMARTS) is 1. The molecule has 0 spiro atoms. The first kappa shape index (κ1) is 92.8. The molecule has 13 aromatic rings. The van der Waals surface area contributed by atoms with E-state index in [1.54, 1.807) is 24.3 Å². The van der Waals surface area contributed by atoms with Gasteiger partial charge in [-0.25, -0.2) is 4.79 Å². The quantitative estimate of drug-likeness (QED) is 0.0369. The van der Waals surface area contributed by atoms with Crippen molar-refractivity contribution in [2.24, 2.45) is 0 Å². The van der Waals surface area contributed by atoms with Gasteiger partial charge in [0.15, 0.2) is 0 Å². The molecule has 658 valence electrons. The van der Waals surface area contributed by atoms with E-state index in [9.17, 15) is 29.1 Å². The average molecular weight is 1710 g/mol. The summed E-state index contributed by atoms with van der Waals surface area (Å²) in [5.41, 5.74) is 16.3. The van der Waals surface area contributed by atoms with Crippen LogP contribution in [-0.2, 0) is 77.8 Å².